The van der Waals surface area contributed by atoms with Crippen LogP contribution in [0.15, 0.2) is 24.4 Å². The van der Waals surface area contributed by atoms with Crippen LogP contribution in [0.4, 0.5) is 5.82 Å². The molecule has 0 saturated heterocycles. The van der Waals surface area contributed by atoms with Crippen LogP contribution in [-0.2, 0) is 6.42 Å². The molecule has 0 aromatic carbocycles. The summed E-state index contributed by atoms with van der Waals surface area (Å²) in [5.74, 6) is 1.76. The van der Waals surface area contributed by atoms with Crippen molar-refractivity contribution in [3.8, 4) is 0 Å². The Balaban J connectivity index is 2.23. The molecule has 0 aliphatic carbocycles. The first-order valence-corrected chi connectivity index (χ1v) is 6.68. The van der Waals surface area contributed by atoms with Gasteiger partial charge in [0.15, 0.2) is 0 Å². The Bertz CT molecular complexity index is 537. The highest BCUT2D eigenvalue weighted by Crippen LogP contribution is 2.16. The summed E-state index contributed by atoms with van der Waals surface area (Å²) in [5, 5.41) is 3.36. The number of aromatic nitrogens is 3. The summed E-state index contributed by atoms with van der Waals surface area (Å²) in [5.41, 5.74) is 3.14. The summed E-state index contributed by atoms with van der Waals surface area (Å²) in [6.07, 6.45) is 3.55. The average molecular weight is 256 g/mol. The lowest BCUT2D eigenvalue weighted by Crippen LogP contribution is -2.09. The number of hydrogen-bond acceptors (Lipinski definition) is 4. The maximum absolute atomic E-state index is 4.60. The van der Waals surface area contributed by atoms with Gasteiger partial charge in [0.25, 0.3) is 0 Å². The minimum absolute atomic E-state index is 0.669. The van der Waals surface area contributed by atoms with Crippen molar-refractivity contribution < 1.29 is 0 Å². The van der Waals surface area contributed by atoms with Gasteiger partial charge >= 0.3 is 0 Å². The third-order valence-electron chi connectivity index (χ3n) is 3.04. The van der Waals surface area contributed by atoms with Crippen molar-refractivity contribution in [1.29, 1.82) is 0 Å². The molecule has 4 heteroatoms. The van der Waals surface area contributed by atoms with Crippen LogP contribution in [0.25, 0.3) is 0 Å². The molecule has 4 nitrogen and oxygen atoms in total. The van der Waals surface area contributed by atoms with E-state index >= 15 is 0 Å². The Morgan fingerprint density at radius 3 is 2.68 bits per heavy atom. The molecule has 0 saturated carbocycles. The maximum atomic E-state index is 4.60. The van der Waals surface area contributed by atoms with Crippen molar-refractivity contribution in [2.24, 2.45) is 0 Å². The molecule has 100 valence electrons. The molecule has 2 heterocycles. The lowest BCUT2D eigenvalue weighted by atomic mass is 10.2. The molecule has 0 fully saturated rings. The topological polar surface area (TPSA) is 50.7 Å². The van der Waals surface area contributed by atoms with Gasteiger partial charge in [-0.05, 0) is 32.4 Å². The van der Waals surface area contributed by atoms with Gasteiger partial charge in [0.1, 0.15) is 11.6 Å². The number of hydrogen-bond donors (Lipinski definition) is 1. The van der Waals surface area contributed by atoms with Crippen molar-refractivity contribution in [2.45, 2.75) is 33.6 Å². The van der Waals surface area contributed by atoms with Crippen LogP contribution < -0.4 is 5.32 Å². The van der Waals surface area contributed by atoms with Crippen LogP contribution in [0.2, 0.25) is 0 Å². The van der Waals surface area contributed by atoms with Gasteiger partial charge in [-0.2, -0.15) is 0 Å². The van der Waals surface area contributed by atoms with Gasteiger partial charge in [0.2, 0.25) is 0 Å². The van der Waals surface area contributed by atoms with E-state index in [0.29, 0.717) is 6.42 Å². The minimum atomic E-state index is 0.669. The van der Waals surface area contributed by atoms with E-state index in [9.17, 15) is 0 Å². The number of aryl methyl sites for hydroxylation is 1. The first-order chi connectivity index (χ1) is 9.20. The van der Waals surface area contributed by atoms with Crippen LogP contribution in [0, 0.1) is 13.8 Å². The second-order valence-electron chi connectivity index (χ2n) is 4.62. The van der Waals surface area contributed by atoms with E-state index in [0.717, 1.165) is 41.6 Å². The van der Waals surface area contributed by atoms with Gasteiger partial charge in [-0.25, -0.2) is 9.97 Å². The zero-order chi connectivity index (χ0) is 13.7. The molecule has 19 heavy (non-hydrogen) atoms. The molecule has 2 rings (SSSR count). The number of pyridine rings is 1. The van der Waals surface area contributed by atoms with Crippen LogP contribution in [0.1, 0.15) is 36.1 Å². The van der Waals surface area contributed by atoms with Gasteiger partial charge in [-0.1, -0.05) is 13.0 Å². The Hall–Kier alpha value is -1.97. The van der Waals surface area contributed by atoms with Crippen molar-refractivity contribution >= 4 is 5.82 Å². The van der Waals surface area contributed by atoms with Crippen molar-refractivity contribution in [3.05, 3.63) is 47.2 Å². The van der Waals surface area contributed by atoms with E-state index in [1.54, 1.807) is 6.20 Å². The summed E-state index contributed by atoms with van der Waals surface area (Å²) < 4.78 is 0. The molecule has 0 amide bonds. The zero-order valence-corrected chi connectivity index (χ0v) is 11.8. The zero-order valence-electron chi connectivity index (χ0n) is 11.8. The molecule has 1 N–H and O–H groups in total. The van der Waals surface area contributed by atoms with Crippen LogP contribution in [0.3, 0.4) is 0 Å². The Morgan fingerprint density at radius 1 is 1.16 bits per heavy atom. The first kappa shape index (κ1) is 13.5. The summed E-state index contributed by atoms with van der Waals surface area (Å²) in [6, 6.07) is 5.90. The summed E-state index contributed by atoms with van der Waals surface area (Å²) in [4.78, 5) is 13.5. The maximum Gasteiger partial charge on any atom is 0.136 e. The molecule has 0 atom stereocenters. The minimum Gasteiger partial charge on any atom is -0.370 e. The Kier molecular flexibility index (Phi) is 4.44. The largest absolute Gasteiger partial charge is 0.370 e. The van der Waals surface area contributed by atoms with Gasteiger partial charge < -0.3 is 5.32 Å². The van der Waals surface area contributed by atoms with E-state index in [2.05, 4.69) is 34.1 Å². The molecule has 0 aliphatic rings. The van der Waals surface area contributed by atoms with Crippen molar-refractivity contribution in [3.63, 3.8) is 0 Å². The molecule has 2 aromatic heterocycles. The predicted octanol–water partition coefficient (Wildman–Crippen LogP) is 2.90. The quantitative estimate of drug-likeness (QED) is 0.893. The molecule has 0 aliphatic heterocycles. The number of rotatable bonds is 5. The predicted molar refractivity (Wildman–Crippen MR) is 77.3 cm³/mol. The van der Waals surface area contributed by atoms with Crippen LogP contribution in [0.5, 0.6) is 0 Å². The summed E-state index contributed by atoms with van der Waals surface area (Å²) in [7, 11) is 0. The van der Waals surface area contributed by atoms with Gasteiger partial charge in [-0.15, -0.1) is 0 Å². The summed E-state index contributed by atoms with van der Waals surface area (Å²) >= 11 is 0. The SMILES string of the molecule is CCCNc1nc(Cc2ccccn2)nc(C)c1C. The molecule has 2 aromatic rings. The van der Waals surface area contributed by atoms with E-state index in [4.69, 9.17) is 0 Å². The van der Waals surface area contributed by atoms with E-state index in [1.165, 1.54) is 0 Å². The Morgan fingerprint density at radius 2 is 2.00 bits per heavy atom. The number of nitrogens with zero attached hydrogens (tertiary/aromatic N) is 3. The van der Waals surface area contributed by atoms with Crippen molar-refractivity contribution in [2.75, 3.05) is 11.9 Å². The van der Waals surface area contributed by atoms with E-state index < -0.39 is 0 Å². The standard InChI is InChI=1S/C15H20N4/c1-4-8-17-15-11(2)12(3)18-14(19-15)10-13-7-5-6-9-16-13/h5-7,9H,4,8,10H2,1-3H3,(H,17,18,19). The number of anilines is 1. The van der Waals surface area contributed by atoms with Crippen LogP contribution in [-0.4, -0.2) is 21.5 Å². The second-order valence-corrected chi connectivity index (χ2v) is 4.62. The van der Waals surface area contributed by atoms with Gasteiger partial charge in [-0.3, -0.25) is 4.98 Å². The highest BCUT2D eigenvalue weighted by atomic mass is 15.0. The first-order valence-electron chi connectivity index (χ1n) is 6.68. The fourth-order valence-electron chi connectivity index (χ4n) is 1.85. The molecule has 0 bridgehead atoms. The summed E-state index contributed by atoms with van der Waals surface area (Å²) in [6.45, 7) is 7.15. The number of nitrogens with one attached hydrogen (secondary N) is 1. The molecule has 0 spiro atoms. The van der Waals surface area contributed by atoms with Gasteiger partial charge in [0.05, 0.1) is 6.42 Å². The normalized spacial score (nSPS) is 10.5. The highest BCUT2D eigenvalue weighted by molar-refractivity contribution is 5.45. The molecular formula is C15H20N4. The Labute approximate surface area is 114 Å². The van der Waals surface area contributed by atoms with Crippen molar-refractivity contribution in [1.82, 2.24) is 15.0 Å². The van der Waals surface area contributed by atoms with E-state index in [-0.39, 0.29) is 0 Å². The molecular weight excluding hydrogens is 236 g/mol. The molecule has 0 unspecified atom stereocenters. The second kappa shape index (κ2) is 6.27. The average Bonchev–Trinajstić information content (AvgIpc) is 2.42. The third kappa shape index (κ3) is 3.50. The monoisotopic (exact) mass is 256 g/mol. The highest BCUT2D eigenvalue weighted by Gasteiger charge is 2.08. The fraction of sp³-hybridized carbons (Fsp3) is 0.400. The third-order valence-corrected chi connectivity index (χ3v) is 3.04. The smallest absolute Gasteiger partial charge is 0.136 e. The molecule has 0 radical (unpaired) electrons. The lowest BCUT2D eigenvalue weighted by molar-refractivity contribution is 0.890. The fourth-order valence-corrected chi connectivity index (χ4v) is 1.85. The van der Waals surface area contributed by atoms with E-state index in [1.807, 2.05) is 25.1 Å². The van der Waals surface area contributed by atoms with Gasteiger partial charge in [0, 0.05) is 29.7 Å². The van der Waals surface area contributed by atoms with Crippen LogP contribution >= 0.6 is 0 Å². The lowest BCUT2D eigenvalue weighted by Gasteiger charge is -2.11.